The van der Waals surface area contributed by atoms with Crippen LogP contribution in [-0.4, -0.2) is 4.57 Å². The van der Waals surface area contributed by atoms with E-state index in [2.05, 4.69) is 214 Å². The van der Waals surface area contributed by atoms with E-state index < -0.39 is 41.7 Å². The summed E-state index contributed by atoms with van der Waals surface area (Å²) in [5, 5.41) is 8.56. The molecule has 0 aliphatic heterocycles. The predicted octanol–water partition coefficient (Wildman–Crippen LogP) is 36.8. The van der Waals surface area contributed by atoms with Gasteiger partial charge in [0.05, 0.1) is 49.6 Å². The number of furan rings is 4. The number of aromatic nitrogens is 1. The van der Waals surface area contributed by atoms with E-state index in [-0.39, 0.29) is 175 Å². The van der Waals surface area contributed by atoms with Crippen molar-refractivity contribution in [2.75, 3.05) is 0 Å². The minimum absolute atomic E-state index is 0.0431. The fourth-order valence-corrected chi connectivity index (χ4v) is 18.7. The molecule has 0 saturated heterocycles. The van der Waals surface area contributed by atoms with Gasteiger partial charge >= 0.3 is 0 Å². The number of fused-ring (bicyclic) bond motifs is 15. The molecular formula is C125H121NO4. The van der Waals surface area contributed by atoms with Gasteiger partial charge in [-0.2, -0.15) is 0 Å². The number of hydrogen-bond acceptors (Lipinski definition) is 4. The molecule has 21 rings (SSSR count). The molecule has 5 heteroatoms. The van der Waals surface area contributed by atoms with Gasteiger partial charge in [-0.3, -0.25) is 0 Å². The second-order valence-electron chi connectivity index (χ2n) is 41.0. The molecular weight excluding hydrogens is 1580 g/mol. The fourth-order valence-electron chi connectivity index (χ4n) is 18.7. The Balaban J connectivity index is 0.000000134. The number of benzene rings is 16. The van der Waals surface area contributed by atoms with Crippen LogP contribution in [0.4, 0.5) is 0 Å². The number of nitrogens with zero attached hydrogens (tertiary/aromatic N) is 1. The van der Waals surface area contributed by atoms with Crippen molar-refractivity contribution in [2.24, 2.45) is 0 Å². The summed E-state index contributed by atoms with van der Waals surface area (Å²) in [4.78, 5) is 0. The zero-order valence-electron chi connectivity index (χ0n) is 102. The van der Waals surface area contributed by atoms with E-state index in [1.807, 2.05) is 93.6 Å². The summed E-state index contributed by atoms with van der Waals surface area (Å²) < 4.78 is 229. The summed E-state index contributed by atoms with van der Waals surface area (Å²) in [5.74, 6) is 0. The Hall–Kier alpha value is -13.5. The first kappa shape index (κ1) is 62.7. The van der Waals surface area contributed by atoms with Gasteiger partial charge in [0.2, 0.25) is 0 Å². The maximum atomic E-state index is 8.72. The lowest BCUT2D eigenvalue weighted by Gasteiger charge is -2.31. The van der Waals surface area contributed by atoms with E-state index in [0.717, 1.165) is 82.4 Å². The Morgan fingerprint density at radius 1 is 0.223 bits per heavy atom. The standard InChI is InChI=1S/C36H40O.C34H27NO.C29H26O.C26H28O/c1-34(2,3)25-20-24(21-26(22-25)35(4,5)6)28-18-19-30-32(33(28)36(7,8)9)31-27(16-13-17-29(31)37-30)23-14-11-10-12-15-23;1-34(2,3)33-28(35-26-17-9-7-14-24(26)25-15-8-10-18-27(25)35)20-21-30-32(33)31-23(16-11-19-29(31)36-30)22-12-5-4-6-13-22;1-19-13-15-21(16-14-19)23-17-18-25-27(28(23)29(2,3)4)26-22(11-8-12-24(26)30-25)20-9-6-5-7-10-20;1-25(2,3)19-15-16-21-23(24(19)26(4,5)6)22-18(13-10-14-20(22)27-21)17-11-8-7-9-12-17/h10-22H,1-9H3;4-21H,1-3H3;5-18H,1-4H3;7-16H,1-6H3/i10D,11D,12D,14D,15D;4D,5D,6D,12D,13D;5D,6D,7D,9D,10D,13D,14D,15D,16D;7D,8D,9D,11D,12D. The average Bonchev–Trinajstić information content (AvgIpc) is 1.55. The lowest BCUT2D eigenvalue weighted by molar-refractivity contribution is 0.534. The number of hydrogen-bond donors (Lipinski definition) is 0. The molecule has 0 unspecified atom stereocenters. The minimum Gasteiger partial charge on any atom is -0.456 e. The molecule has 0 aliphatic carbocycles. The van der Waals surface area contributed by atoms with E-state index in [0.29, 0.717) is 83.2 Å². The fraction of sp³-hybridized carbons (Fsp3) is 0.232. The van der Waals surface area contributed by atoms with E-state index in [1.54, 1.807) is 37.3 Å². The Morgan fingerprint density at radius 3 is 0.846 bits per heavy atom. The molecule has 0 bridgehead atoms. The molecule has 16 aromatic carbocycles. The van der Waals surface area contributed by atoms with Crippen molar-refractivity contribution in [2.45, 2.75) is 190 Å². The van der Waals surface area contributed by atoms with Crippen LogP contribution >= 0.6 is 0 Å². The largest absolute Gasteiger partial charge is 0.456 e. The quantitative estimate of drug-likeness (QED) is 0.160. The first-order valence-electron chi connectivity index (χ1n) is 56.3. The average molecular weight is 1730 g/mol. The third-order valence-electron chi connectivity index (χ3n) is 24.3. The number of para-hydroxylation sites is 2. The highest BCUT2D eigenvalue weighted by atomic mass is 16.3. The van der Waals surface area contributed by atoms with Crippen LogP contribution in [0.25, 0.3) is 182 Å². The molecule has 5 aromatic heterocycles. The first-order chi connectivity index (χ1) is 71.8. The van der Waals surface area contributed by atoms with Gasteiger partial charge in [-0.05, 0) is 217 Å². The minimum atomic E-state index is -0.577. The van der Waals surface area contributed by atoms with E-state index in [4.69, 9.17) is 50.6 Å². The van der Waals surface area contributed by atoms with E-state index >= 15 is 0 Å². The van der Waals surface area contributed by atoms with Gasteiger partial charge in [-0.15, -0.1) is 0 Å². The Bertz CT molecular complexity index is 9220. The summed E-state index contributed by atoms with van der Waals surface area (Å²) in [5.41, 5.74) is 20.2. The van der Waals surface area contributed by atoms with Crippen molar-refractivity contribution in [1.82, 2.24) is 4.57 Å². The van der Waals surface area contributed by atoms with Crippen LogP contribution < -0.4 is 0 Å². The van der Waals surface area contributed by atoms with Gasteiger partial charge in [0, 0.05) is 53.9 Å². The van der Waals surface area contributed by atoms with Crippen LogP contribution in [0.1, 0.15) is 223 Å². The maximum Gasteiger partial charge on any atom is 0.136 e. The molecule has 0 spiro atoms. The molecule has 0 saturated carbocycles. The molecule has 130 heavy (non-hydrogen) atoms. The van der Waals surface area contributed by atoms with Crippen molar-refractivity contribution in [3.8, 4) is 72.4 Å². The highest BCUT2D eigenvalue weighted by Gasteiger charge is 2.35. The van der Waals surface area contributed by atoms with Crippen molar-refractivity contribution in [3.05, 3.63) is 378 Å². The SMILES string of the molecule is [2H]c1c([2H])c([2H])c(-c2cccc3oc4ccc(-c5c([2H])c([2H])c(C)c([2H])c5[2H])c(C(C)(C)C)c4c23)c([2H])c1[2H].[2H]c1c([2H])c([2H])c(-c2cccc3oc4ccc(-c5cc(C(C)(C)C)cc(C(C)(C)C)c5)c(C(C)(C)C)c4c23)c([2H])c1[2H].[2H]c1c([2H])c([2H])c(-c2cccc3oc4ccc(-n5c6ccccc6c6ccccc65)c(C(C)(C)C)c4c23)c([2H])c1[2H].[2H]c1c([2H])c([2H])c(-c2cccc3oc4ccc(C(C)(C)C)c(C(C)(C)C)c4c23)c([2H])c1[2H]. The zero-order valence-corrected chi connectivity index (χ0v) is 78.0. The molecule has 5 nitrogen and oxygen atoms in total. The molecule has 0 amide bonds. The Kier molecular flexibility index (Phi) is 16.0. The highest BCUT2D eigenvalue weighted by Crippen LogP contribution is 2.53. The third kappa shape index (κ3) is 16.3. The first-order valence-corrected chi connectivity index (χ1v) is 44.3. The highest BCUT2D eigenvalue weighted by molar-refractivity contribution is 6.20. The lowest BCUT2D eigenvalue weighted by Crippen LogP contribution is -2.22. The van der Waals surface area contributed by atoms with Crippen LogP contribution in [0.5, 0.6) is 0 Å². The Morgan fingerprint density at radius 2 is 0.515 bits per heavy atom. The van der Waals surface area contributed by atoms with Gasteiger partial charge in [0.15, 0.2) is 0 Å². The summed E-state index contributed by atoms with van der Waals surface area (Å²) in [6.07, 6.45) is 0. The molecule has 0 radical (unpaired) electrons. The monoisotopic (exact) mass is 1720 g/mol. The van der Waals surface area contributed by atoms with Crippen molar-refractivity contribution >= 4 is 110 Å². The third-order valence-corrected chi connectivity index (χ3v) is 24.3. The summed E-state index contributed by atoms with van der Waals surface area (Å²) in [7, 11) is 0. The van der Waals surface area contributed by atoms with Crippen LogP contribution in [0.3, 0.4) is 0 Å². The molecule has 0 aliphatic rings. The number of rotatable bonds is 7. The topological polar surface area (TPSA) is 57.5 Å². The molecule has 5 heterocycles. The van der Waals surface area contributed by atoms with Crippen molar-refractivity contribution in [1.29, 1.82) is 0 Å². The summed E-state index contributed by atoms with van der Waals surface area (Å²) in [6, 6.07) is 54.2. The van der Waals surface area contributed by atoms with E-state index in [1.165, 1.54) is 27.5 Å². The van der Waals surface area contributed by atoms with Crippen molar-refractivity contribution < 1.29 is 50.6 Å². The van der Waals surface area contributed by atoms with Gasteiger partial charge < -0.3 is 22.2 Å². The smallest absolute Gasteiger partial charge is 0.136 e. The maximum absolute atomic E-state index is 8.72. The zero-order chi connectivity index (χ0) is 112. The molecule has 650 valence electrons. The van der Waals surface area contributed by atoms with E-state index in [9.17, 15) is 0 Å². The Labute approximate surface area is 801 Å². The predicted molar refractivity (Wildman–Crippen MR) is 557 cm³/mol. The van der Waals surface area contributed by atoms with Gasteiger partial charge in [0.1, 0.15) is 44.7 Å². The van der Waals surface area contributed by atoms with Gasteiger partial charge in [-0.1, -0.05) is 417 Å². The second-order valence-corrected chi connectivity index (χ2v) is 41.0. The molecule has 0 atom stereocenters. The summed E-state index contributed by atoms with van der Waals surface area (Å²) in [6.45, 7) is 47.1. The summed E-state index contributed by atoms with van der Waals surface area (Å²) >= 11 is 0. The molecule has 0 N–H and O–H groups in total. The second kappa shape index (κ2) is 33.2. The van der Waals surface area contributed by atoms with Crippen molar-refractivity contribution in [3.63, 3.8) is 0 Å². The van der Waals surface area contributed by atoms with Crippen LogP contribution in [0.15, 0.2) is 351 Å². The van der Waals surface area contributed by atoms with Crippen LogP contribution in [-0.2, 0) is 37.9 Å². The van der Waals surface area contributed by atoms with Gasteiger partial charge in [0.25, 0.3) is 0 Å². The van der Waals surface area contributed by atoms with Gasteiger partial charge in [-0.25, -0.2) is 0 Å². The van der Waals surface area contributed by atoms with Crippen LogP contribution in [0, 0.1) is 6.92 Å². The lowest BCUT2D eigenvalue weighted by atomic mass is 9.73. The van der Waals surface area contributed by atoms with Crippen LogP contribution in [0.2, 0.25) is 0 Å². The molecule has 0 fully saturated rings. The normalized spacial score (nSPS) is 15.1. The molecule has 21 aromatic rings.